The number of fused-ring (bicyclic) bond motifs is 5. The predicted molar refractivity (Wildman–Crippen MR) is 339 cm³/mol. The number of halogens is 5. The maximum Gasteiger partial charge on any atom is 0.328 e. The number of nitrogens with zero attached hydrogens (tertiary/aromatic N) is 5. The molecular formula is C69H52BrF4N7O9. The number of methoxy groups -OCH3 is 1. The molecule has 0 saturated heterocycles. The summed E-state index contributed by atoms with van der Waals surface area (Å²) in [4.78, 5) is 96.9. The standard InChI is InChI=1S/C30H23F2N3O4.C29H21F2N3O4.C10H8BrNO/c1-35-25-11-4-3-7-18(25)15-21(29(35)37)20-13-12-17(19-8-6-14-33-27(19)20)16-24(30(38)39-2)34-28(36)26-22(31)9-5-10-23(26)32;1-34-24-10-3-2-6-17(24)14-20(28(34)36)19-12-11-16(18-7-5-13-32-26(18)19)15-23(29(37)38)33-27(35)25-21(30)8-4-9-22(25)31;1-12-9-5-3-2-4-7(9)6-8(11)10(12)13/h3-15,24H,16H2,1-2H3,(H,34,36);2-14,23H,15H2,1H3,(H,33,35)(H,37,38);2-6H,1H3/t24-;23-;/m00./s1. The molecule has 0 unspecified atom stereocenters. The minimum Gasteiger partial charge on any atom is -0.480 e. The highest BCUT2D eigenvalue weighted by molar-refractivity contribution is 9.10. The number of esters is 1. The van der Waals surface area contributed by atoms with Crippen molar-refractivity contribution in [3.05, 3.63) is 269 Å². The van der Waals surface area contributed by atoms with Crippen molar-refractivity contribution in [3.8, 4) is 22.3 Å². The van der Waals surface area contributed by atoms with Crippen molar-refractivity contribution in [2.75, 3.05) is 7.11 Å². The average molecular weight is 1280 g/mol. The SMILES string of the molecule is COC(=O)[C@H](Cc1ccc(-c2cc3ccccc3n(C)c2=O)c2ncccc12)NC(=O)c1c(F)cccc1F.Cn1c(=O)c(-c2ccc(C[C@H](NC(=O)c3c(F)cccc3F)C(=O)O)c3cccnc23)cc2ccccc21.Cn1c(=O)c(Br)cc2ccccc21. The van der Waals surface area contributed by atoms with Gasteiger partial charge in [0, 0.05) is 79.4 Å². The number of ether oxygens (including phenoxy) is 1. The number of carboxylic acids is 1. The van der Waals surface area contributed by atoms with Crippen LogP contribution in [-0.2, 0) is 48.3 Å². The fourth-order valence-corrected chi connectivity index (χ4v) is 11.2. The normalized spacial score (nSPS) is 11.7. The average Bonchev–Trinajstić information content (AvgIpc) is 0.783. The molecule has 12 rings (SSSR count). The fraction of sp³-hybridized carbons (Fsp3) is 0.116. The number of carbonyl (C=O) groups excluding carboxylic acids is 3. The van der Waals surface area contributed by atoms with Crippen LogP contribution in [0.25, 0.3) is 76.8 Å². The van der Waals surface area contributed by atoms with Crippen molar-refractivity contribution < 1.29 is 46.6 Å². The highest BCUT2D eigenvalue weighted by Gasteiger charge is 2.29. The summed E-state index contributed by atoms with van der Waals surface area (Å²) in [6, 6.07) is 45.3. The van der Waals surface area contributed by atoms with Gasteiger partial charge in [0.15, 0.2) is 0 Å². The molecule has 0 bridgehead atoms. The Hall–Kier alpha value is -10.9. The van der Waals surface area contributed by atoms with Crippen LogP contribution in [0.1, 0.15) is 31.8 Å². The van der Waals surface area contributed by atoms with E-state index in [-0.39, 0.29) is 29.5 Å². The Morgan fingerprint density at radius 2 is 0.867 bits per heavy atom. The van der Waals surface area contributed by atoms with Gasteiger partial charge in [-0.05, 0) is 116 Å². The van der Waals surface area contributed by atoms with Crippen LogP contribution in [0.15, 0.2) is 207 Å². The Morgan fingerprint density at radius 1 is 0.489 bits per heavy atom. The number of carbonyl (C=O) groups is 4. The quantitative estimate of drug-likeness (QED) is 0.0773. The van der Waals surface area contributed by atoms with Crippen molar-refractivity contribution >= 4 is 94.2 Å². The summed E-state index contributed by atoms with van der Waals surface area (Å²) in [5, 5.41) is 18.4. The molecule has 0 radical (unpaired) electrons. The van der Waals surface area contributed by atoms with Crippen LogP contribution in [0.4, 0.5) is 17.6 Å². The van der Waals surface area contributed by atoms with Crippen LogP contribution in [0.3, 0.4) is 0 Å². The number of nitrogens with one attached hydrogen (secondary N) is 2. The minimum absolute atomic E-state index is 0.00120. The van der Waals surface area contributed by atoms with Crippen LogP contribution in [0, 0.1) is 23.3 Å². The van der Waals surface area contributed by atoms with Gasteiger partial charge in [-0.15, -0.1) is 0 Å². The maximum absolute atomic E-state index is 14.2. The van der Waals surface area contributed by atoms with Crippen LogP contribution in [-0.4, -0.2) is 71.7 Å². The molecule has 21 heteroatoms. The number of carboxylic acid groups (broad SMARTS) is 1. The molecule has 0 spiro atoms. The van der Waals surface area contributed by atoms with E-state index in [9.17, 15) is 56.2 Å². The summed E-state index contributed by atoms with van der Waals surface area (Å²) >= 11 is 3.23. The Morgan fingerprint density at radius 3 is 1.28 bits per heavy atom. The van der Waals surface area contributed by atoms with Gasteiger partial charge in [0.2, 0.25) is 0 Å². The van der Waals surface area contributed by atoms with Gasteiger partial charge in [-0.3, -0.25) is 33.9 Å². The number of aryl methyl sites for hydroxylation is 3. The second-order valence-corrected chi connectivity index (χ2v) is 21.6. The highest BCUT2D eigenvalue weighted by atomic mass is 79.9. The maximum atomic E-state index is 14.2. The van der Waals surface area contributed by atoms with Crippen molar-refractivity contribution in [1.29, 1.82) is 0 Å². The molecule has 5 aromatic heterocycles. The molecule has 2 amide bonds. The molecule has 90 heavy (non-hydrogen) atoms. The Labute approximate surface area is 517 Å². The lowest BCUT2D eigenvalue weighted by molar-refractivity contribution is -0.143. The lowest BCUT2D eigenvalue weighted by Gasteiger charge is -2.19. The van der Waals surface area contributed by atoms with E-state index in [2.05, 4.69) is 36.5 Å². The smallest absolute Gasteiger partial charge is 0.328 e. The van der Waals surface area contributed by atoms with Gasteiger partial charge >= 0.3 is 11.9 Å². The summed E-state index contributed by atoms with van der Waals surface area (Å²) in [5.74, 6) is -8.71. The number of benzene rings is 7. The summed E-state index contributed by atoms with van der Waals surface area (Å²) in [6.07, 6.45) is 2.93. The first-order chi connectivity index (χ1) is 43.3. The number of pyridine rings is 5. The zero-order valence-corrected chi connectivity index (χ0v) is 49.9. The van der Waals surface area contributed by atoms with E-state index in [1.807, 2.05) is 84.9 Å². The van der Waals surface area contributed by atoms with Crippen molar-refractivity contribution in [2.45, 2.75) is 24.9 Å². The van der Waals surface area contributed by atoms with Crippen molar-refractivity contribution in [2.24, 2.45) is 21.1 Å². The van der Waals surface area contributed by atoms with Gasteiger partial charge in [-0.25, -0.2) is 27.2 Å². The first-order valence-corrected chi connectivity index (χ1v) is 28.5. The molecule has 3 N–H and O–H groups in total. The van der Waals surface area contributed by atoms with Gasteiger partial charge in [0.05, 0.1) is 39.2 Å². The van der Waals surface area contributed by atoms with Gasteiger partial charge < -0.3 is 34.2 Å². The van der Waals surface area contributed by atoms with E-state index < -0.39 is 70.2 Å². The lowest BCUT2D eigenvalue weighted by atomic mass is 9.95. The topological polar surface area (TPSA) is 214 Å². The lowest BCUT2D eigenvalue weighted by Crippen LogP contribution is -2.43. The number of rotatable bonds is 12. The van der Waals surface area contributed by atoms with E-state index in [0.29, 0.717) is 59.7 Å². The third-order valence-electron chi connectivity index (χ3n) is 15.3. The van der Waals surface area contributed by atoms with E-state index >= 15 is 0 Å². The molecular weight excluding hydrogens is 1230 g/mol. The number of para-hydroxylation sites is 3. The third-order valence-corrected chi connectivity index (χ3v) is 15.8. The predicted octanol–water partition coefficient (Wildman–Crippen LogP) is 11.3. The first-order valence-electron chi connectivity index (χ1n) is 27.7. The molecule has 16 nitrogen and oxygen atoms in total. The zero-order chi connectivity index (χ0) is 64.1. The number of aromatic nitrogens is 5. The fourth-order valence-electron chi connectivity index (χ4n) is 10.7. The van der Waals surface area contributed by atoms with Gasteiger partial charge in [0.1, 0.15) is 46.5 Å². The third kappa shape index (κ3) is 12.6. The van der Waals surface area contributed by atoms with Gasteiger partial charge in [-0.2, -0.15) is 0 Å². The molecule has 0 saturated carbocycles. The van der Waals surface area contributed by atoms with Crippen molar-refractivity contribution in [1.82, 2.24) is 34.3 Å². The molecule has 0 fully saturated rings. The molecule has 12 aromatic rings. The van der Waals surface area contributed by atoms with Crippen LogP contribution in [0.5, 0.6) is 0 Å². The summed E-state index contributed by atoms with van der Waals surface area (Å²) in [7, 11) is 6.33. The molecule has 7 aromatic carbocycles. The number of hydrogen-bond donors (Lipinski definition) is 3. The number of aliphatic carboxylic acids is 1. The second kappa shape index (κ2) is 26.6. The molecule has 0 aliphatic rings. The van der Waals surface area contributed by atoms with E-state index in [1.54, 1.807) is 102 Å². The van der Waals surface area contributed by atoms with E-state index in [1.165, 1.54) is 0 Å². The number of amides is 2. The van der Waals surface area contributed by atoms with E-state index in [4.69, 9.17) is 4.74 Å². The van der Waals surface area contributed by atoms with Gasteiger partial charge in [-0.1, -0.05) is 103 Å². The molecule has 5 heterocycles. The molecule has 2 atom stereocenters. The van der Waals surface area contributed by atoms with Gasteiger partial charge in [0.25, 0.3) is 28.5 Å². The Kier molecular flexibility index (Phi) is 18.4. The van der Waals surface area contributed by atoms with Crippen LogP contribution < -0.4 is 27.3 Å². The highest BCUT2D eigenvalue weighted by Crippen LogP contribution is 2.32. The first kappa shape index (κ1) is 62.1. The van der Waals surface area contributed by atoms with Crippen molar-refractivity contribution in [3.63, 3.8) is 0 Å². The summed E-state index contributed by atoms with van der Waals surface area (Å²) in [6.45, 7) is 0. The largest absolute Gasteiger partial charge is 0.480 e. The summed E-state index contributed by atoms with van der Waals surface area (Å²) < 4.78 is 66.7. The van der Waals surface area contributed by atoms with Crippen LogP contribution in [0.2, 0.25) is 0 Å². The minimum atomic E-state index is -1.48. The molecule has 0 aliphatic carbocycles. The molecule has 452 valence electrons. The Bertz CT molecular complexity index is 5010. The van der Waals surface area contributed by atoms with Crippen LogP contribution >= 0.6 is 15.9 Å². The Balaban J connectivity index is 0.000000165. The molecule has 0 aliphatic heterocycles. The monoisotopic (exact) mass is 1280 g/mol. The number of hydrogen-bond acceptors (Lipinski definition) is 10. The second-order valence-electron chi connectivity index (χ2n) is 20.7. The summed E-state index contributed by atoms with van der Waals surface area (Å²) in [5.41, 5.74) is 4.68. The zero-order valence-electron chi connectivity index (χ0n) is 48.3. The van der Waals surface area contributed by atoms with E-state index in [0.717, 1.165) is 76.2 Å².